The highest BCUT2D eigenvalue weighted by atomic mass is 35.5. The van der Waals surface area contributed by atoms with Gasteiger partial charge in [0.2, 0.25) is 5.91 Å². The smallest absolute Gasteiger partial charge is 0.303 e. The number of carbonyl (C=O) groups excluding carboxylic acids is 1. The van der Waals surface area contributed by atoms with E-state index in [-0.39, 0.29) is 12.3 Å². The number of carbonyl (C=O) groups is 2. The summed E-state index contributed by atoms with van der Waals surface area (Å²) in [6.45, 7) is 1.46. The van der Waals surface area contributed by atoms with E-state index in [1.165, 1.54) is 4.88 Å². The molecular weight excluding hydrogens is 330 g/mol. The fourth-order valence-corrected chi connectivity index (χ4v) is 4.51. The first-order valence-electron chi connectivity index (χ1n) is 6.86. The van der Waals surface area contributed by atoms with Crippen molar-refractivity contribution in [3.63, 3.8) is 0 Å². The zero-order valence-corrected chi connectivity index (χ0v) is 14.0. The quantitative estimate of drug-likeness (QED) is 0.821. The number of thiophene rings is 1. The minimum Gasteiger partial charge on any atom is -0.481 e. The molecule has 7 heteroatoms. The minimum absolute atomic E-state index is 0.153. The van der Waals surface area contributed by atoms with Crippen molar-refractivity contribution < 1.29 is 14.7 Å². The lowest BCUT2D eigenvalue weighted by atomic mass is 10.0. The summed E-state index contributed by atoms with van der Waals surface area (Å²) in [6.07, 6.45) is 1.78. The zero-order chi connectivity index (χ0) is 15.2. The minimum atomic E-state index is -0.759. The number of carboxylic acid groups (broad SMARTS) is 1. The lowest BCUT2D eigenvalue weighted by Crippen LogP contribution is -2.30. The highest BCUT2D eigenvalue weighted by molar-refractivity contribution is 7.99. The molecule has 1 aliphatic heterocycles. The molecule has 0 aromatic carbocycles. The first-order chi connectivity index (χ1) is 10.0. The van der Waals surface area contributed by atoms with E-state index in [0.717, 1.165) is 23.1 Å². The molecule has 1 fully saturated rings. The third-order valence-electron chi connectivity index (χ3n) is 3.50. The largest absolute Gasteiger partial charge is 0.481 e. The molecule has 0 aliphatic carbocycles. The molecule has 116 valence electrons. The highest BCUT2D eigenvalue weighted by Crippen LogP contribution is 2.26. The van der Waals surface area contributed by atoms with Crippen molar-refractivity contribution >= 4 is 46.6 Å². The fourth-order valence-electron chi connectivity index (χ4n) is 2.38. The maximum absolute atomic E-state index is 12.1. The molecule has 0 radical (unpaired) electrons. The Balaban J connectivity index is 1.66. The molecule has 2 heterocycles. The van der Waals surface area contributed by atoms with Crippen molar-refractivity contribution in [2.24, 2.45) is 5.92 Å². The standard InChI is InChI=1S/C14H18ClNO3S2/c15-12-3-2-11(21-12)8-20-9-13(17)16-6-5-10(7-16)1-4-14(18)19/h2-3,10H,1,4-9H2,(H,18,19). The van der Waals surface area contributed by atoms with Crippen molar-refractivity contribution in [1.82, 2.24) is 4.90 Å². The molecular formula is C14H18ClNO3S2. The zero-order valence-electron chi connectivity index (χ0n) is 11.6. The summed E-state index contributed by atoms with van der Waals surface area (Å²) in [7, 11) is 0. The predicted octanol–water partition coefficient (Wildman–Crippen LogP) is 3.35. The van der Waals surface area contributed by atoms with Crippen LogP contribution in [0.25, 0.3) is 0 Å². The summed E-state index contributed by atoms with van der Waals surface area (Å²) in [5.41, 5.74) is 0. The molecule has 1 N–H and O–H groups in total. The molecule has 1 saturated heterocycles. The molecule has 1 aromatic heterocycles. The number of aliphatic carboxylic acids is 1. The molecule has 1 aromatic rings. The first kappa shape index (κ1) is 16.6. The van der Waals surface area contributed by atoms with Crippen LogP contribution < -0.4 is 0 Å². The second-order valence-electron chi connectivity index (χ2n) is 5.13. The average Bonchev–Trinajstić information content (AvgIpc) is 3.05. The van der Waals surface area contributed by atoms with E-state index in [1.54, 1.807) is 23.1 Å². The molecule has 1 amide bonds. The first-order valence-corrected chi connectivity index (χ1v) is 9.21. The molecule has 1 aliphatic rings. The third-order valence-corrected chi connectivity index (χ3v) is 5.88. The van der Waals surface area contributed by atoms with Gasteiger partial charge in [0.25, 0.3) is 0 Å². The number of rotatable bonds is 7. The molecule has 0 bridgehead atoms. The Morgan fingerprint density at radius 2 is 2.29 bits per heavy atom. The Morgan fingerprint density at radius 3 is 2.95 bits per heavy atom. The van der Waals surface area contributed by atoms with Gasteiger partial charge in [-0.1, -0.05) is 11.6 Å². The van der Waals surface area contributed by atoms with Crippen LogP contribution in [-0.2, 0) is 15.3 Å². The summed E-state index contributed by atoms with van der Waals surface area (Å²) in [5, 5.41) is 8.68. The van der Waals surface area contributed by atoms with E-state index < -0.39 is 5.97 Å². The average molecular weight is 348 g/mol. The van der Waals surface area contributed by atoms with Gasteiger partial charge in [-0.2, -0.15) is 0 Å². The van der Waals surface area contributed by atoms with Crippen LogP contribution in [-0.4, -0.2) is 40.7 Å². The SMILES string of the molecule is O=C(O)CCC1CCN(C(=O)CSCc2ccc(Cl)s2)C1. The van der Waals surface area contributed by atoms with Gasteiger partial charge in [0.1, 0.15) is 0 Å². The monoisotopic (exact) mass is 347 g/mol. The molecule has 2 rings (SSSR count). The summed E-state index contributed by atoms with van der Waals surface area (Å²) in [6, 6.07) is 3.86. The second-order valence-corrected chi connectivity index (χ2v) is 7.91. The van der Waals surface area contributed by atoms with Gasteiger partial charge in [-0.05, 0) is 30.9 Å². The van der Waals surface area contributed by atoms with E-state index in [0.29, 0.717) is 24.6 Å². The van der Waals surface area contributed by atoms with Crippen molar-refractivity contribution in [2.45, 2.75) is 25.0 Å². The number of hydrogen-bond donors (Lipinski definition) is 1. The number of carboxylic acids is 1. The second kappa shape index (κ2) is 8.06. The highest BCUT2D eigenvalue weighted by Gasteiger charge is 2.26. The maximum Gasteiger partial charge on any atom is 0.303 e. The van der Waals surface area contributed by atoms with Crippen LogP contribution in [0.1, 0.15) is 24.1 Å². The van der Waals surface area contributed by atoms with Gasteiger partial charge in [0, 0.05) is 30.1 Å². The van der Waals surface area contributed by atoms with Gasteiger partial charge in [-0.25, -0.2) is 0 Å². The van der Waals surface area contributed by atoms with Crippen LogP contribution in [0, 0.1) is 5.92 Å². The fraction of sp³-hybridized carbons (Fsp3) is 0.571. The maximum atomic E-state index is 12.1. The summed E-state index contributed by atoms with van der Waals surface area (Å²) in [5.74, 6) is 1.01. The van der Waals surface area contributed by atoms with Gasteiger partial charge < -0.3 is 10.0 Å². The van der Waals surface area contributed by atoms with Crippen LogP contribution >= 0.6 is 34.7 Å². The van der Waals surface area contributed by atoms with Crippen molar-refractivity contribution in [3.05, 3.63) is 21.3 Å². The van der Waals surface area contributed by atoms with E-state index in [9.17, 15) is 9.59 Å². The predicted molar refractivity (Wildman–Crippen MR) is 87.0 cm³/mol. The topological polar surface area (TPSA) is 57.6 Å². The number of amides is 1. The molecule has 4 nitrogen and oxygen atoms in total. The molecule has 1 atom stereocenters. The normalized spacial score (nSPS) is 18.1. The lowest BCUT2D eigenvalue weighted by Gasteiger charge is -2.16. The van der Waals surface area contributed by atoms with Crippen LogP contribution in [0.5, 0.6) is 0 Å². The van der Waals surface area contributed by atoms with E-state index in [4.69, 9.17) is 16.7 Å². The van der Waals surface area contributed by atoms with Crippen molar-refractivity contribution in [1.29, 1.82) is 0 Å². The van der Waals surface area contributed by atoms with E-state index in [1.807, 2.05) is 17.0 Å². The van der Waals surface area contributed by atoms with Gasteiger partial charge in [-0.3, -0.25) is 9.59 Å². The molecule has 0 saturated carbocycles. The number of halogens is 1. The van der Waals surface area contributed by atoms with Gasteiger partial charge >= 0.3 is 5.97 Å². The summed E-state index contributed by atoms with van der Waals surface area (Å²) in [4.78, 5) is 25.7. The number of nitrogens with zero attached hydrogens (tertiary/aromatic N) is 1. The number of thioether (sulfide) groups is 1. The molecule has 21 heavy (non-hydrogen) atoms. The Hall–Kier alpha value is -0.720. The Labute approximate surface area is 137 Å². The van der Waals surface area contributed by atoms with Gasteiger partial charge in [0.15, 0.2) is 0 Å². The number of likely N-dealkylation sites (tertiary alicyclic amines) is 1. The van der Waals surface area contributed by atoms with Crippen LogP contribution in [0.2, 0.25) is 4.34 Å². The van der Waals surface area contributed by atoms with Gasteiger partial charge in [-0.15, -0.1) is 23.1 Å². The Kier molecular flexibility index (Phi) is 6.39. The third kappa shape index (κ3) is 5.52. The van der Waals surface area contributed by atoms with Crippen molar-refractivity contribution in [2.75, 3.05) is 18.8 Å². The van der Waals surface area contributed by atoms with Crippen LogP contribution in [0.3, 0.4) is 0 Å². The summed E-state index contributed by atoms with van der Waals surface area (Å²) < 4.78 is 0.776. The Morgan fingerprint density at radius 1 is 1.48 bits per heavy atom. The summed E-state index contributed by atoms with van der Waals surface area (Å²) >= 11 is 9.01. The van der Waals surface area contributed by atoms with E-state index >= 15 is 0 Å². The Bertz CT molecular complexity index is 506. The van der Waals surface area contributed by atoms with Crippen LogP contribution in [0.15, 0.2) is 12.1 Å². The molecule has 1 unspecified atom stereocenters. The van der Waals surface area contributed by atoms with Crippen molar-refractivity contribution in [3.8, 4) is 0 Å². The number of hydrogen-bond acceptors (Lipinski definition) is 4. The lowest BCUT2D eigenvalue weighted by molar-refractivity contribution is -0.137. The molecule has 0 spiro atoms. The van der Waals surface area contributed by atoms with Crippen LogP contribution in [0.4, 0.5) is 0 Å². The van der Waals surface area contributed by atoms with E-state index in [2.05, 4.69) is 0 Å². The van der Waals surface area contributed by atoms with Gasteiger partial charge in [0.05, 0.1) is 10.1 Å².